The Bertz CT molecular complexity index is 516. The van der Waals surface area contributed by atoms with E-state index in [1.807, 2.05) is 12.1 Å². The quantitative estimate of drug-likeness (QED) is 0.702. The molecule has 78 valence electrons. The molecule has 0 amide bonds. The lowest BCUT2D eigenvalue weighted by Crippen LogP contribution is -2.32. The monoisotopic (exact) mass is 220 g/mol. The van der Waals surface area contributed by atoms with Crippen molar-refractivity contribution < 1.29 is 0 Å². The van der Waals surface area contributed by atoms with Crippen LogP contribution < -0.4 is 5.32 Å². The molecule has 1 aliphatic heterocycles. The van der Waals surface area contributed by atoms with Crippen LogP contribution in [0.4, 0.5) is 0 Å². The van der Waals surface area contributed by atoms with E-state index in [1.54, 1.807) is 0 Å². The zero-order valence-corrected chi connectivity index (χ0v) is 9.36. The lowest BCUT2D eigenvalue weighted by atomic mass is 10.0. The summed E-state index contributed by atoms with van der Waals surface area (Å²) < 4.78 is 0. The minimum atomic E-state index is 0.557. The maximum atomic E-state index is 5.98. The van der Waals surface area contributed by atoms with Crippen LogP contribution in [0.1, 0.15) is 18.2 Å². The van der Waals surface area contributed by atoms with E-state index in [-0.39, 0.29) is 0 Å². The predicted molar refractivity (Wildman–Crippen MR) is 63.3 cm³/mol. The number of hydrogen-bond donors (Lipinski definition) is 2. The van der Waals surface area contributed by atoms with E-state index in [0.717, 1.165) is 23.5 Å². The second-order valence-electron chi connectivity index (χ2n) is 4.26. The first kappa shape index (κ1) is 9.25. The van der Waals surface area contributed by atoms with Gasteiger partial charge in [0.1, 0.15) is 0 Å². The third-order valence-corrected chi connectivity index (χ3v) is 3.33. The molecule has 2 nitrogen and oxygen atoms in total. The summed E-state index contributed by atoms with van der Waals surface area (Å²) in [5.41, 5.74) is 3.92. The van der Waals surface area contributed by atoms with Crippen molar-refractivity contribution >= 4 is 22.5 Å². The third kappa shape index (κ3) is 1.45. The normalized spacial score (nSPS) is 20.5. The van der Waals surface area contributed by atoms with E-state index in [4.69, 9.17) is 11.6 Å². The van der Waals surface area contributed by atoms with E-state index >= 15 is 0 Å². The van der Waals surface area contributed by atoms with Crippen LogP contribution in [-0.4, -0.2) is 11.0 Å². The van der Waals surface area contributed by atoms with E-state index < -0.39 is 0 Å². The van der Waals surface area contributed by atoms with Crippen LogP contribution in [0.15, 0.2) is 18.2 Å². The van der Waals surface area contributed by atoms with Crippen molar-refractivity contribution in [3.63, 3.8) is 0 Å². The largest absolute Gasteiger partial charge is 0.358 e. The molecule has 0 saturated heterocycles. The Balaban J connectivity index is 2.23. The Morgan fingerprint density at radius 3 is 3.13 bits per heavy atom. The van der Waals surface area contributed by atoms with Crippen LogP contribution in [0, 0.1) is 0 Å². The molecule has 1 aromatic carbocycles. The summed E-state index contributed by atoms with van der Waals surface area (Å²) in [5.74, 6) is 0. The standard InChI is InChI=1S/C12H13ClN2/c1-7-4-11-10(6-14-7)9-3-2-8(13)5-12(9)15-11/h2-3,5,7,14-15H,4,6H2,1H3. The van der Waals surface area contributed by atoms with Crippen LogP contribution in [0.3, 0.4) is 0 Å². The third-order valence-electron chi connectivity index (χ3n) is 3.09. The Kier molecular flexibility index (Phi) is 2.01. The van der Waals surface area contributed by atoms with E-state index in [0.29, 0.717) is 6.04 Å². The summed E-state index contributed by atoms with van der Waals surface area (Å²) in [5, 5.41) is 5.57. The number of halogens is 1. The Morgan fingerprint density at radius 2 is 2.27 bits per heavy atom. The van der Waals surface area contributed by atoms with E-state index in [2.05, 4.69) is 23.3 Å². The molecule has 0 bridgehead atoms. The van der Waals surface area contributed by atoms with Gasteiger partial charge < -0.3 is 10.3 Å². The van der Waals surface area contributed by atoms with Crippen molar-refractivity contribution in [3.05, 3.63) is 34.5 Å². The zero-order chi connectivity index (χ0) is 10.4. The zero-order valence-electron chi connectivity index (χ0n) is 8.60. The van der Waals surface area contributed by atoms with Gasteiger partial charge in [-0.2, -0.15) is 0 Å². The molecule has 1 atom stereocenters. The molecule has 1 unspecified atom stereocenters. The van der Waals surface area contributed by atoms with Gasteiger partial charge in [0.2, 0.25) is 0 Å². The molecule has 3 rings (SSSR count). The summed E-state index contributed by atoms with van der Waals surface area (Å²) in [6.07, 6.45) is 1.07. The van der Waals surface area contributed by atoms with E-state index in [9.17, 15) is 0 Å². The Hall–Kier alpha value is -0.990. The number of aromatic nitrogens is 1. The van der Waals surface area contributed by atoms with E-state index in [1.165, 1.54) is 16.6 Å². The molecular formula is C12H13ClN2. The van der Waals surface area contributed by atoms with Crippen molar-refractivity contribution in [2.45, 2.75) is 25.9 Å². The molecule has 0 fully saturated rings. The molecule has 15 heavy (non-hydrogen) atoms. The summed E-state index contributed by atoms with van der Waals surface area (Å²) in [6.45, 7) is 3.17. The Labute approximate surface area is 93.6 Å². The van der Waals surface area contributed by atoms with Gasteiger partial charge in [-0.3, -0.25) is 0 Å². The number of rotatable bonds is 0. The highest BCUT2D eigenvalue weighted by Gasteiger charge is 2.18. The average Bonchev–Trinajstić information content (AvgIpc) is 2.53. The first-order chi connectivity index (χ1) is 7.24. The minimum Gasteiger partial charge on any atom is -0.358 e. The van der Waals surface area contributed by atoms with Crippen LogP contribution in [0.2, 0.25) is 5.02 Å². The number of hydrogen-bond acceptors (Lipinski definition) is 1. The predicted octanol–water partition coefficient (Wildman–Crippen LogP) is 2.86. The number of benzene rings is 1. The molecule has 2 aromatic rings. The Morgan fingerprint density at radius 1 is 1.40 bits per heavy atom. The van der Waals surface area contributed by atoms with Gasteiger partial charge in [-0.25, -0.2) is 0 Å². The lowest BCUT2D eigenvalue weighted by molar-refractivity contribution is 0.511. The smallest absolute Gasteiger partial charge is 0.0474 e. The number of H-pyrrole nitrogens is 1. The molecule has 2 N–H and O–H groups in total. The van der Waals surface area contributed by atoms with Crippen molar-refractivity contribution in [1.29, 1.82) is 0 Å². The van der Waals surface area contributed by atoms with Crippen molar-refractivity contribution in [1.82, 2.24) is 10.3 Å². The fraction of sp³-hybridized carbons (Fsp3) is 0.333. The number of fused-ring (bicyclic) bond motifs is 3. The molecule has 1 aliphatic rings. The van der Waals surface area contributed by atoms with Gasteiger partial charge in [0.15, 0.2) is 0 Å². The molecule has 0 saturated carbocycles. The van der Waals surface area contributed by atoms with Crippen LogP contribution in [0.5, 0.6) is 0 Å². The van der Waals surface area contributed by atoms with Gasteiger partial charge in [0.25, 0.3) is 0 Å². The van der Waals surface area contributed by atoms with Gasteiger partial charge >= 0.3 is 0 Å². The summed E-state index contributed by atoms with van der Waals surface area (Å²) >= 11 is 5.98. The second kappa shape index (κ2) is 3.26. The highest BCUT2D eigenvalue weighted by Crippen LogP contribution is 2.28. The topological polar surface area (TPSA) is 27.8 Å². The molecule has 0 radical (unpaired) electrons. The molecular weight excluding hydrogens is 208 g/mol. The summed E-state index contributed by atoms with van der Waals surface area (Å²) in [7, 11) is 0. The van der Waals surface area contributed by atoms with Gasteiger partial charge in [-0.05, 0) is 24.6 Å². The maximum absolute atomic E-state index is 5.98. The van der Waals surface area contributed by atoms with Gasteiger partial charge in [0, 0.05) is 40.6 Å². The van der Waals surface area contributed by atoms with Crippen LogP contribution in [0.25, 0.3) is 10.9 Å². The first-order valence-corrected chi connectivity index (χ1v) is 5.64. The van der Waals surface area contributed by atoms with Gasteiger partial charge in [-0.1, -0.05) is 17.7 Å². The fourth-order valence-electron chi connectivity index (χ4n) is 2.31. The SMILES string of the molecule is CC1Cc2[nH]c3cc(Cl)ccc3c2CN1. The minimum absolute atomic E-state index is 0.557. The van der Waals surface area contributed by atoms with Crippen LogP contribution in [-0.2, 0) is 13.0 Å². The summed E-state index contributed by atoms with van der Waals surface area (Å²) in [6, 6.07) is 6.61. The van der Waals surface area contributed by atoms with Crippen molar-refractivity contribution in [2.24, 2.45) is 0 Å². The number of nitrogens with one attached hydrogen (secondary N) is 2. The summed E-state index contributed by atoms with van der Waals surface area (Å²) in [4.78, 5) is 3.46. The van der Waals surface area contributed by atoms with Crippen molar-refractivity contribution in [2.75, 3.05) is 0 Å². The molecule has 2 heterocycles. The molecule has 0 aliphatic carbocycles. The molecule has 0 spiro atoms. The van der Waals surface area contributed by atoms with Crippen molar-refractivity contribution in [3.8, 4) is 0 Å². The second-order valence-corrected chi connectivity index (χ2v) is 4.69. The lowest BCUT2D eigenvalue weighted by Gasteiger charge is -2.20. The first-order valence-electron chi connectivity index (χ1n) is 5.26. The van der Waals surface area contributed by atoms with Gasteiger partial charge in [-0.15, -0.1) is 0 Å². The average molecular weight is 221 g/mol. The van der Waals surface area contributed by atoms with Crippen LogP contribution >= 0.6 is 11.6 Å². The maximum Gasteiger partial charge on any atom is 0.0474 e. The number of aromatic amines is 1. The fourth-order valence-corrected chi connectivity index (χ4v) is 2.49. The highest BCUT2D eigenvalue weighted by atomic mass is 35.5. The molecule has 1 aromatic heterocycles. The van der Waals surface area contributed by atoms with Gasteiger partial charge in [0.05, 0.1) is 0 Å². The molecule has 3 heteroatoms. The highest BCUT2D eigenvalue weighted by molar-refractivity contribution is 6.31.